The van der Waals surface area contributed by atoms with E-state index in [-0.39, 0.29) is 11.9 Å². The first-order chi connectivity index (χ1) is 12.5. The zero-order chi connectivity index (χ0) is 18.5. The molecule has 3 rings (SSSR count). The lowest BCUT2D eigenvalue weighted by Gasteiger charge is -2.29. The number of hydrogen-bond donors (Lipinski definition) is 1. The molecule has 5 nitrogen and oxygen atoms in total. The molecule has 1 N–H and O–H groups in total. The lowest BCUT2D eigenvalue weighted by Crippen LogP contribution is -2.30. The molecule has 1 aromatic heterocycles. The minimum Gasteiger partial charge on any atom is -0.357 e. The number of carbonyl (C=O) groups excluding carboxylic acids is 1. The van der Waals surface area contributed by atoms with E-state index in [1.807, 2.05) is 24.4 Å². The van der Waals surface area contributed by atoms with Gasteiger partial charge < -0.3 is 10.2 Å². The molecule has 0 unspecified atom stereocenters. The van der Waals surface area contributed by atoms with Gasteiger partial charge in [-0.1, -0.05) is 36.4 Å². The van der Waals surface area contributed by atoms with Crippen molar-refractivity contribution in [2.45, 2.75) is 38.9 Å². The maximum atomic E-state index is 12.1. The molecule has 2 heterocycles. The third-order valence-corrected chi connectivity index (χ3v) is 5.06. The highest BCUT2D eigenvalue weighted by atomic mass is 16.1. The van der Waals surface area contributed by atoms with Gasteiger partial charge >= 0.3 is 0 Å². The van der Waals surface area contributed by atoms with Gasteiger partial charge in [-0.3, -0.25) is 9.69 Å². The highest BCUT2D eigenvalue weighted by Crippen LogP contribution is 2.27. The summed E-state index contributed by atoms with van der Waals surface area (Å²) >= 11 is 0. The van der Waals surface area contributed by atoms with Gasteiger partial charge in [0.05, 0.1) is 0 Å². The number of carbonyl (C=O) groups is 1. The maximum absolute atomic E-state index is 12.1. The monoisotopic (exact) mass is 352 g/mol. The third kappa shape index (κ3) is 4.41. The number of nitrogens with zero attached hydrogens (tertiary/aromatic N) is 3. The largest absolute Gasteiger partial charge is 0.357 e. The quantitative estimate of drug-likeness (QED) is 0.899. The number of nitrogens with one attached hydrogen (secondary N) is 1. The number of hydrogen-bond acceptors (Lipinski definition) is 4. The summed E-state index contributed by atoms with van der Waals surface area (Å²) in [7, 11) is 2.06. The summed E-state index contributed by atoms with van der Waals surface area (Å²) in [5, 5.41) is 2.99. The molecule has 26 heavy (non-hydrogen) atoms. The van der Waals surface area contributed by atoms with Gasteiger partial charge in [0.25, 0.3) is 0 Å². The van der Waals surface area contributed by atoms with E-state index in [1.165, 1.54) is 11.1 Å². The Labute approximate surface area is 156 Å². The van der Waals surface area contributed by atoms with Gasteiger partial charge in [0.1, 0.15) is 5.82 Å². The van der Waals surface area contributed by atoms with Crippen molar-refractivity contribution in [3.05, 3.63) is 59.8 Å². The van der Waals surface area contributed by atoms with E-state index < -0.39 is 0 Å². The molecule has 138 valence electrons. The van der Waals surface area contributed by atoms with Gasteiger partial charge in [0.15, 0.2) is 0 Å². The minimum atomic E-state index is 0.0942. The van der Waals surface area contributed by atoms with E-state index in [2.05, 4.69) is 65.3 Å². The molecule has 1 atom stereocenters. The van der Waals surface area contributed by atoms with E-state index >= 15 is 0 Å². The van der Waals surface area contributed by atoms with Crippen molar-refractivity contribution >= 4 is 11.7 Å². The Bertz CT molecular complexity index is 715. The summed E-state index contributed by atoms with van der Waals surface area (Å²) in [5.41, 5.74) is 2.36. The molecule has 5 heteroatoms. The first-order valence-electron chi connectivity index (χ1n) is 9.28. The molecule has 2 aromatic rings. The summed E-state index contributed by atoms with van der Waals surface area (Å²) in [6, 6.07) is 15.0. The first-order valence-corrected chi connectivity index (χ1v) is 9.28. The van der Waals surface area contributed by atoms with Gasteiger partial charge in [-0.15, -0.1) is 0 Å². The molecular formula is C21H28N4O. The van der Waals surface area contributed by atoms with E-state index in [0.717, 1.165) is 18.9 Å². The third-order valence-electron chi connectivity index (χ3n) is 5.06. The second kappa shape index (κ2) is 8.32. The molecule has 0 spiro atoms. The number of aromatic nitrogens is 1. The van der Waals surface area contributed by atoms with Crippen LogP contribution in [0.3, 0.4) is 0 Å². The lowest BCUT2D eigenvalue weighted by atomic mass is 10.0. The molecule has 1 amide bonds. The second-order valence-corrected chi connectivity index (χ2v) is 7.18. The number of anilines is 1. The van der Waals surface area contributed by atoms with Crippen LogP contribution in [0.25, 0.3) is 0 Å². The Morgan fingerprint density at radius 1 is 1.23 bits per heavy atom. The topological polar surface area (TPSA) is 48.5 Å². The predicted molar refractivity (Wildman–Crippen MR) is 105 cm³/mol. The van der Waals surface area contributed by atoms with Crippen molar-refractivity contribution in [1.29, 1.82) is 0 Å². The molecule has 0 saturated carbocycles. The minimum absolute atomic E-state index is 0.0942. The average molecular weight is 352 g/mol. The standard InChI is InChI=1S/C21H28N4O/c1-16(2)24(3)20-10-9-17(14-23-20)15-25-12-11-22-21(26)13-19(25)18-7-5-4-6-8-18/h4-10,14,16,19H,11-13,15H2,1-3H3,(H,22,26)/t19-/m1/s1. The zero-order valence-corrected chi connectivity index (χ0v) is 15.9. The van der Waals surface area contributed by atoms with Crippen LogP contribution in [0, 0.1) is 0 Å². The Hall–Kier alpha value is -2.40. The summed E-state index contributed by atoms with van der Waals surface area (Å²) in [4.78, 5) is 21.2. The fraction of sp³-hybridized carbons (Fsp3) is 0.429. The van der Waals surface area contributed by atoms with Gasteiger partial charge in [-0.05, 0) is 31.0 Å². The molecule has 0 radical (unpaired) electrons. The van der Waals surface area contributed by atoms with E-state index in [4.69, 9.17) is 0 Å². The van der Waals surface area contributed by atoms with Crippen molar-refractivity contribution in [2.24, 2.45) is 0 Å². The highest BCUT2D eigenvalue weighted by Gasteiger charge is 2.26. The fourth-order valence-corrected chi connectivity index (χ4v) is 3.28. The average Bonchev–Trinajstić information content (AvgIpc) is 2.84. The van der Waals surface area contributed by atoms with E-state index in [1.54, 1.807) is 0 Å². The zero-order valence-electron chi connectivity index (χ0n) is 15.9. The normalized spacial score (nSPS) is 18.5. The fourth-order valence-electron chi connectivity index (χ4n) is 3.28. The molecule has 1 aliphatic heterocycles. The van der Waals surface area contributed by atoms with Crippen LogP contribution in [0.4, 0.5) is 5.82 Å². The van der Waals surface area contributed by atoms with Crippen LogP contribution >= 0.6 is 0 Å². The lowest BCUT2D eigenvalue weighted by molar-refractivity contribution is -0.121. The van der Waals surface area contributed by atoms with Gasteiger partial charge in [-0.25, -0.2) is 4.98 Å². The second-order valence-electron chi connectivity index (χ2n) is 7.18. The maximum Gasteiger partial charge on any atom is 0.221 e. The van der Waals surface area contributed by atoms with Crippen molar-refractivity contribution in [1.82, 2.24) is 15.2 Å². The molecule has 0 bridgehead atoms. The van der Waals surface area contributed by atoms with Gasteiger partial charge in [0, 0.05) is 51.4 Å². The van der Waals surface area contributed by atoms with Crippen LogP contribution in [-0.2, 0) is 11.3 Å². The summed E-state index contributed by atoms with van der Waals surface area (Å²) < 4.78 is 0. The number of rotatable bonds is 5. The molecule has 0 aliphatic carbocycles. The molecule has 1 aromatic carbocycles. The van der Waals surface area contributed by atoms with Gasteiger partial charge in [-0.2, -0.15) is 0 Å². The van der Waals surface area contributed by atoms with Gasteiger partial charge in [0.2, 0.25) is 5.91 Å². The van der Waals surface area contributed by atoms with Crippen LogP contribution in [0.2, 0.25) is 0 Å². The Kier molecular flexibility index (Phi) is 5.89. The molecule has 1 aliphatic rings. The van der Waals surface area contributed by atoms with Crippen LogP contribution in [-0.4, -0.2) is 42.0 Å². The summed E-state index contributed by atoms with van der Waals surface area (Å²) in [5.74, 6) is 1.10. The Morgan fingerprint density at radius 2 is 2.00 bits per heavy atom. The van der Waals surface area contributed by atoms with Crippen LogP contribution < -0.4 is 10.2 Å². The van der Waals surface area contributed by atoms with Crippen LogP contribution in [0.1, 0.15) is 37.4 Å². The van der Waals surface area contributed by atoms with E-state index in [0.29, 0.717) is 19.0 Å². The molecule has 1 saturated heterocycles. The summed E-state index contributed by atoms with van der Waals surface area (Å²) in [6.45, 7) is 6.61. The van der Waals surface area contributed by atoms with E-state index in [9.17, 15) is 4.79 Å². The van der Waals surface area contributed by atoms with Crippen molar-refractivity contribution in [2.75, 3.05) is 25.0 Å². The number of pyridine rings is 1. The van der Waals surface area contributed by atoms with Crippen LogP contribution in [0.5, 0.6) is 0 Å². The Balaban J connectivity index is 1.78. The molecule has 1 fully saturated rings. The van der Waals surface area contributed by atoms with Crippen molar-refractivity contribution in [3.8, 4) is 0 Å². The number of amides is 1. The number of benzene rings is 1. The van der Waals surface area contributed by atoms with Crippen molar-refractivity contribution < 1.29 is 4.79 Å². The first kappa shape index (κ1) is 18.4. The Morgan fingerprint density at radius 3 is 2.65 bits per heavy atom. The highest BCUT2D eigenvalue weighted by molar-refractivity contribution is 5.77. The SMILES string of the molecule is CC(C)N(C)c1ccc(CN2CCNC(=O)C[C@@H]2c2ccccc2)cn1. The van der Waals surface area contributed by atoms with Crippen LogP contribution in [0.15, 0.2) is 48.7 Å². The smallest absolute Gasteiger partial charge is 0.221 e. The summed E-state index contributed by atoms with van der Waals surface area (Å²) in [6.07, 6.45) is 2.45. The van der Waals surface area contributed by atoms with Crippen molar-refractivity contribution in [3.63, 3.8) is 0 Å². The molecular weight excluding hydrogens is 324 g/mol. The predicted octanol–water partition coefficient (Wildman–Crippen LogP) is 2.99.